The van der Waals surface area contributed by atoms with Crippen molar-refractivity contribution in [3.63, 3.8) is 0 Å². The summed E-state index contributed by atoms with van der Waals surface area (Å²) in [4.78, 5) is 0. The molecule has 0 heterocycles. The lowest BCUT2D eigenvalue weighted by Crippen LogP contribution is -2.02. The highest BCUT2D eigenvalue weighted by molar-refractivity contribution is 5.42. The predicted octanol–water partition coefficient (Wildman–Crippen LogP) is 4.08. The Morgan fingerprint density at radius 3 is 1.87 bits per heavy atom. The van der Waals surface area contributed by atoms with E-state index in [9.17, 15) is 4.39 Å². The molecule has 15 heavy (non-hydrogen) atoms. The number of rotatable bonds is 3. The van der Waals surface area contributed by atoms with Crippen molar-refractivity contribution in [1.29, 1.82) is 0 Å². The summed E-state index contributed by atoms with van der Waals surface area (Å²) < 4.78 is 19.2. The maximum absolute atomic E-state index is 14.0. The third-order valence-corrected chi connectivity index (χ3v) is 2.61. The number of halogens is 1. The van der Waals surface area contributed by atoms with E-state index in [4.69, 9.17) is 4.74 Å². The van der Waals surface area contributed by atoms with Gasteiger partial charge in [0.05, 0.1) is 7.11 Å². The number of hydrogen-bond acceptors (Lipinski definition) is 1. The van der Waals surface area contributed by atoms with Crippen LogP contribution < -0.4 is 4.74 Å². The average molecular weight is 210 g/mol. The highest BCUT2D eigenvalue weighted by Crippen LogP contribution is 2.33. The molecule has 2 heteroatoms. The molecule has 1 nitrogen and oxygen atoms in total. The first-order valence-corrected chi connectivity index (χ1v) is 5.35. The lowest BCUT2D eigenvalue weighted by Gasteiger charge is -2.16. The zero-order valence-electron chi connectivity index (χ0n) is 10.1. The second kappa shape index (κ2) is 4.65. The molecule has 0 radical (unpaired) electrons. The molecule has 0 aliphatic heterocycles. The zero-order valence-corrected chi connectivity index (χ0v) is 10.1. The Bertz CT molecular complexity index is 343. The average Bonchev–Trinajstić information content (AvgIpc) is 2.16. The van der Waals surface area contributed by atoms with Gasteiger partial charge in [0, 0.05) is 0 Å². The molecule has 1 aromatic carbocycles. The van der Waals surface area contributed by atoms with Gasteiger partial charge in [-0.2, -0.15) is 0 Å². The van der Waals surface area contributed by atoms with Gasteiger partial charge in [-0.15, -0.1) is 0 Å². The summed E-state index contributed by atoms with van der Waals surface area (Å²) in [5, 5.41) is 0. The molecule has 0 unspecified atom stereocenters. The number of methoxy groups -OCH3 is 1. The molecule has 0 bridgehead atoms. The molecule has 0 atom stereocenters. The van der Waals surface area contributed by atoms with Gasteiger partial charge >= 0.3 is 0 Å². The van der Waals surface area contributed by atoms with Crippen LogP contribution in [-0.2, 0) is 0 Å². The minimum Gasteiger partial charge on any atom is -0.493 e. The molecule has 1 rings (SSSR count). The van der Waals surface area contributed by atoms with Crippen molar-refractivity contribution >= 4 is 0 Å². The normalized spacial score (nSPS) is 11.2. The summed E-state index contributed by atoms with van der Waals surface area (Å²) in [6.45, 7) is 8.03. The van der Waals surface area contributed by atoms with Gasteiger partial charge in [0.25, 0.3) is 0 Å². The van der Waals surface area contributed by atoms with Crippen molar-refractivity contribution in [1.82, 2.24) is 0 Å². The number of ether oxygens (including phenoxy) is 1. The van der Waals surface area contributed by atoms with Crippen molar-refractivity contribution in [3.05, 3.63) is 29.1 Å². The third-order valence-electron chi connectivity index (χ3n) is 2.61. The first-order valence-electron chi connectivity index (χ1n) is 5.35. The van der Waals surface area contributed by atoms with E-state index in [0.717, 1.165) is 11.1 Å². The lowest BCUT2D eigenvalue weighted by molar-refractivity contribution is 0.376. The van der Waals surface area contributed by atoms with Crippen molar-refractivity contribution in [2.24, 2.45) is 0 Å². The van der Waals surface area contributed by atoms with Crippen molar-refractivity contribution < 1.29 is 9.13 Å². The van der Waals surface area contributed by atoms with Crippen molar-refractivity contribution in [2.45, 2.75) is 39.5 Å². The Morgan fingerprint density at radius 1 is 1.00 bits per heavy atom. The van der Waals surface area contributed by atoms with E-state index in [1.54, 1.807) is 0 Å². The molecule has 0 spiro atoms. The Labute approximate surface area is 91.3 Å². The van der Waals surface area contributed by atoms with Crippen LogP contribution in [0, 0.1) is 5.82 Å². The molecule has 0 amide bonds. The van der Waals surface area contributed by atoms with Crippen LogP contribution in [0.4, 0.5) is 4.39 Å². The first-order chi connectivity index (χ1) is 6.99. The van der Waals surface area contributed by atoms with Crippen LogP contribution in [0.2, 0.25) is 0 Å². The Balaban J connectivity index is 3.32. The molecule has 84 valence electrons. The largest absolute Gasteiger partial charge is 0.493 e. The van der Waals surface area contributed by atoms with E-state index in [-0.39, 0.29) is 17.7 Å². The van der Waals surface area contributed by atoms with Crippen LogP contribution in [0.1, 0.15) is 50.7 Å². The summed E-state index contributed by atoms with van der Waals surface area (Å²) in [6, 6.07) is 3.82. The molecule has 0 aromatic heterocycles. The first kappa shape index (κ1) is 12.0. The molecule has 0 saturated carbocycles. The van der Waals surface area contributed by atoms with Crippen molar-refractivity contribution in [3.8, 4) is 5.75 Å². The van der Waals surface area contributed by atoms with E-state index in [2.05, 4.69) is 0 Å². The molecule has 0 aliphatic carbocycles. The smallest absolute Gasteiger partial charge is 0.168 e. The van der Waals surface area contributed by atoms with Gasteiger partial charge in [-0.3, -0.25) is 0 Å². The van der Waals surface area contributed by atoms with Gasteiger partial charge in [-0.25, -0.2) is 4.39 Å². The summed E-state index contributed by atoms with van der Waals surface area (Å²) in [6.07, 6.45) is 0. The molecule has 0 N–H and O–H groups in total. The van der Waals surface area contributed by atoms with E-state index in [1.165, 1.54) is 7.11 Å². The van der Waals surface area contributed by atoms with Crippen LogP contribution in [-0.4, -0.2) is 7.11 Å². The van der Waals surface area contributed by atoms with Gasteiger partial charge in [0.15, 0.2) is 11.6 Å². The highest BCUT2D eigenvalue weighted by atomic mass is 19.1. The minimum atomic E-state index is -0.210. The molecular formula is C13H19FO. The number of benzene rings is 1. The third kappa shape index (κ3) is 2.31. The van der Waals surface area contributed by atoms with Crippen LogP contribution >= 0.6 is 0 Å². The summed E-state index contributed by atoms with van der Waals surface area (Å²) >= 11 is 0. The molecule has 0 aliphatic rings. The Kier molecular flexibility index (Phi) is 3.72. The quantitative estimate of drug-likeness (QED) is 0.730. The van der Waals surface area contributed by atoms with Crippen molar-refractivity contribution in [2.75, 3.05) is 7.11 Å². The van der Waals surface area contributed by atoms with Crippen LogP contribution in [0.5, 0.6) is 5.75 Å². The van der Waals surface area contributed by atoms with Gasteiger partial charge in [0.1, 0.15) is 0 Å². The van der Waals surface area contributed by atoms with Gasteiger partial charge in [-0.1, -0.05) is 39.8 Å². The molecular weight excluding hydrogens is 191 g/mol. The van der Waals surface area contributed by atoms with E-state index < -0.39 is 0 Å². The lowest BCUT2D eigenvalue weighted by atomic mass is 9.95. The number of hydrogen-bond donors (Lipinski definition) is 0. The minimum absolute atomic E-state index is 0.181. The second-order valence-corrected chi connectivity index (χ2v) is 4.40. The maximum Gasteiger partial charge on any atom is 0.168 e. The van der Waals surface area contributed by atoms with Crippen LogP contribution in [0.25, 0.3) is 0 Å². The van der Waals surface area contributed by atoms with E-state index in [1.807, 2.05) is 39.8 Å². The van der Waals surface area contributed by atoms with Crippen LogP contribution in [0.3, 0.4) is 0 Å². The molecule has 1 aromatic rings. The summed E-state index contributed by atoms with van der Waals surface area (Å²) in [5.41, 5.74) is 1.65. The standard InChI is InChI=1S/C13H19FO/c1-8(2)10-6-7-11(9(3)4)13(15-5)12(10)14/h6-9H,1-5H3. The van der Waals surface area contributed by atoms with Crippen LogP contribution in [0.15, 0.2) is 12.1 Å². The van der Waals surface area contributed by atoms with Gasteiger partial charge in [-0.05, 0) is 23.0 Å². The topological polar surface area (TPSA) is 9.23 Å². The van der Waals surface area contributed by atoms with Gasteiger partial charge in [0.2, 0.25) is 0 Å². The molecule has 0 fully saturated rings. The second-order valence-electron chi connectivity index (χ2n) is 4.40. The zero-order chi connectivity index (χ0) is 11.6. The fraction of sp³-hybridized carbons (Fsp3) is 0.538. The van der Waals surface area contributed by atoms with Gasteiger partial charge < -0.3 is 4.74 Å². The SMILES string of the molecule is COc1c(C(C)C)ccc(C(C)C)c1F. The Morgan fingerprint density at radius 2 is 1.47 bits per heavy atom. The van der Waals surface area contributed by atoms with E-state index >= 15 is 0 Å². The molecule has 0 saturated heterocycles. The summed E-state index contributed by atoms with van der Waals surface area (Å²) in [7, 11) is 1.52. The Hall–Kier alpha value is -1.05. The fourth-order valence-electron chi connectivity index (χ4n) is 1.69. The monoisotopic (exact) mass is 210 g/mol. The maximum atomic E-state index is 14.0. The highest BCUT2D eigenvalue weighted by Gasteiger charge is 2.17. The van der Waals surface area contributed by atoms with E-state index in [0.29, 0.717) is 5.75 Å². The summed E-state index contributed by atoms with van der Waals surface area (Å²) in [5.74, 6) is 0.644. The fourth-order valence-corrected chi connectivity index (χ4v) is 1.69. The predicted molar refractivity (Wildman–Crippen MR) is 61.1 cm³/mol.